The van der Waals surface area contributed by atoms with Gasteiger partial charge in [0.15, 0.2) is 11.4 Å². The molecular weight excluding hydrogens is 266 g/mol. The molecule has 5 nitrogen and oxygen atoms in total. The largest absolute Gasteiger partial charge is 0.472 e. The van der Waals surface area contributed by atoms with Crippen LogP contribution in [-0.4, -0.2) is 15.2 Å². The fraction of sp³-hybridized carbons (Fsp3) is 0.125. The van der Waals surface area contributed by atoms with E-state index >= 15 is 0 Å². The highest BCUT2D eigenvalue weighted by Crippen LogP contribution is 2.22. The normalized spacial score (nSPS) is 11.5. The quantitative estimate of drug-likeness (QED) is 0.591. The first kappa shape index (κ1) is 13.2. The second kappa shape index (κ2) is 4.94. The highest BCUT2D eigenvalue weighted by Gasteiger charge is 2.14. The molecule has 0 aromatic carbocycles. The van der Waals surface area contributed by atoms with Gasteiger partial charge in [-0.1, -0.05) is 0 Å². The summed E-state index contributed by atoms with van der Waals surface area (Å²) in [6.45, 7) is 3.89. The third-order valence-electron chi connectivity index (χ3n) is 3.54. The minimum Gasteiger partial charge on any atom is -0.472 e. The molecule has 0 unspecified atom stereocenters. The second-order valence-electron chi connectivity index (χ2n) is 4.87. The fourth-order valence-electron chi connectivity index (χ4n) is 2.20. The number of pyridine rings is 1. The summed E-state index contributed by atoms with van der Waals surface area (Å²) in [6, 6.07) is 3.50. The zero-order valence-electron chi connectivity index (χ0n) is 11.8. The first-order valence-corrected chi connectivity index (χ1v) is 6.56. The van der Waals surface area contributed by atoms with Gasteiger partial charge in [-0.2, -0.15) is 0 Å². The fourth-order valence-corrected chi connectivity index (χ4v) is 2.20. The van der Waals surface area contributed by atoms with Crippen molar-refractivity contribution in [3.05, 3.63) is 59.4 Å². The Kier molecular flexibility index (Phi) is 3.10. The number of rotatable bonds is 3. The van der Waals surface area contributed by atoms with Gasteiger partial charge < -0.3 is 14.6 Å². The number of ketones is 1. The molecule has 0 bridgehead atoms. The average Bonchev–Trinajstić information content (AvgIpc) is 3.08. The zero-order chi connectivity index (χ0) is 15.0. The van der Waals surface area contributed by atoms with E-state index in [1.54, 1.807) is 30.7 Å². The molecule has 0 aliphatic heterocycles. The van der Waals surface area contributed by atoms with E-state index in [1.807, 2.05) is 24.4 Å². The Morgan fingerprint density at radius 3 is 2.90 bits per heavy atom. The Morgan fingerprint density at radius 1 is 1.38 bits per heavy atom. The molecule has 106 valence electrons. The van der Waals surface area contributed by atoms with Crippen molar-refractivity contribution in [2.24, 2.45) is 0 Å². The number of aromatic nitrogens is 2. The summed E-state index contributed by atoms with van der Waals surface area (Å²) in [7, 11) is 0. The van der Waals surface area contributed by atoms with Crippen molar-refractivity contribution in [1.82, 2.24) is 9.38 Å². The molecule has 0 aliphatic carbocycles. The summed E-state index contributed by atoms with van der Waals surface area (Å²) in [5, 5.41) is 0. The number of nitrogens with zero attached hydrogens (tertiary/aromatic N) is 2. The Morgan fingerprint density at radius 2 is 2.19 bits per heavy atom. The van der Waals surface area contributed by atoms with Crippen molar-refractivity contribution in [3.63, 3.8) is 0 Å². The van der Waals surface area contributed by atoms with Crippen LogP contribution >= 0.6 is 0 Å². The van der Waals surface area contributed by atoms with Crippen molar-refractivity contribution in [3.8, 4) is 0 Å². The molecule has 0 aliphatic rings. The molecule has 0 fully saturated rings. The summed E-state index contributed by atoms with van der Waals surface area (Å²) in [5.41, 5.74) is 10.3. The first-order chi connectivity index (χ1) is 10.1. The number of anilines is 1. The molecule has 0 saturated heterocycles. The lowest BCUT2D eigenvalue weighted by atomic mass is 10.1. The number of imidazole rings is 1. The Balaban J connectivity index is 2.00. The topological polar surface area (TPSA) is 73.5 Å². The number of carbonyl (C=O) groups excluding carboxylic acids is 1. The molecule has 3 aromatic heterocycles. The van der Waals surface area contributed by atoms with E-state index in [0.29, 0.717) is 16.9 Å². The average molecular weight is 281 g/mol. The maximum Gasteiger partial charge on any atom is 0.188 e. The molecule has 0 spiro atoms. The van der Waals surface area contributed by atoms with Gasteiger partial charge in [0.25, 0.3) is 0 Å². The van der Waals surface area contributed by atoms with Crippen LogP contribution in [0.25, 0.3) is 11.7 Å². The van der Waals surface area contributed by atoms with Crippen molar-refractivity contribution in [2.45, 2.75) is 13.8 Å². The van der Waals surface area contributed by atoms with Gasteiger partial charge in [-0.25, -0.2) is 4.98 Å². The molecule has 5 heteroatoms. The number of aryl methyl sites for hydroxylation is 2. The van der Waals surface area contributed by atoms with Crippen molar-refractivity contribution >= 4 is 23.2 Å². The molecule has 0 radical (unpaired) electrons. The van der Waals surface area contributed by atoms with E-state index in [0.717, 1.165) is 17.0 Å². The minimum atomic E-state index is -0.158. The third-order valence-corrected chi connectivity index (χ3v) is 3.54. The van der Waals surface area contributed by atoms with Gasteiger partial charge in [0.2, 0.25) is 0 Å². The van der Waals surface area contributed by atoms with E-state index in [1.165, 1.54) is 6.08 Å². The molecule has 0 saturated carbocycles. The first-order valence-electron chi connectivity index (χ1n) is 6.56. The molecule has 3 rings (SSSR count). The molecule has 0 amide bonds. The van der Waals surface area contributed by atoms with Crippen LogP contribution in [0.2, 0.25) is 0 Å². The predicted molar refractivity (Wildman–Crippen MR) is 81.2 cm³/mol. The second-order valence-corrected chi connectivity index (χ2v) is 4.87. The summed E-state index contributed by atoms with van der Waals surface area (Å²) in [6.07, 6.45) is 8.12. The summed E-state index contributed by atoms with van der Waals surface area (Å²) >= 11 is 0. The molecule has 0 atom stereocenters. The summed E-state index contributed by atoms with van der Waals surface area (Å²) in [5.74, 6) is -0.158. The number of nitrogens with two attached hydrogens (primary N) is 1. The summed E-state index contributed by atoms with van der Waals surface area (Å²) < 4.78 is 6.84. The number of carbonyl (C=O) groups is 1. The zero-order valence-corrected chi connectivity index (χ0v) is 11.8. The third kappa shape index (κ3) is 2.23. The number of furan rings is 1. The smallest absolute Gasteiger partial charge is 0.188 e. The van der Waals surface area contributed by atoms with Crippen LogP contribution in [0.5, 0.6) is 0 Å². The van der Waals surface area contributed by atoms with E-state index < -0.39 is 0 Å². The Hall–Kier alpha value is -2.82. The minimum absolute atomic E-state index is 0.158. The van der Waals surface area contributed by atoms with E-state index in [4.69, 9.17) is 10.2 Å². The number of allylic oxidation sites excluding steroid dienone is 1. The van der Waals surface area contributed by atoms with E-state index in [9.17, 15) is 4.79 Å². The van der Waals surface area contributed by atoms with Gasteiger partial charge in [-0.05, 0) is 38.1 Å². The summed E-state index contributed by atoms with van der Waals surface area (Å²) in [4.78, 5) is 16.7. The lowest BCUT2D eigenvalue weighted by Crippen LogP contribution is -2.04. The maximum absolute atomic E-state index is 12.3. The van der Waals surface area contributed by atoms with Crippen LogP contribution in [0, 0.1) is 13.8 Å². The van der Waals surface area contributed by atoms with Crippen LogP contribution in [0.3, 0.4) is 0 Å². The van der Waals surface area contributed by atoms with Crippen LogP contribution in [0.15, 0.2) is 41.3 Å². The molecule has 3 heterocycles. The lowest BCUT2D eigenvalue weighted by Gasteiger charge is -2.04. The van der Waals surface area contributed by atoms with Gasteiger partial charge in [0.1, 0.15) is 0 Å². The van der Waals surface area contributed by atoms with Crippen molar-refractivity contribution in [1.29, 1.82) is 0 Å². The van der Waals surface area contributed by atoms with Crippen LogP contribution in [-0.2, 0) is 0 Å². The number of hydrogen-bond acceptors (Lipinski definition) is 4. The van der Waals surface area contributed by atoms with Crippen LogP contribution in [0.1, 0.15) is 27.3 Å². The number of nitrogen functional groups attached to an aromatic ring is 1. The highest BCUT2D eigenvalue weighted by atomic mass is 16.3. The highest BCUT2D eigenvalue weighted by molar-refractivity contribution is 6.11. The number of fused-ring (bicyclic) bond motifs is 1. The molecule has 2 N–H and O–H groups in total. The van der Waals surface area contributed by atoms with Gasteiger partial charge in [0.05, 0.1) is 29.5 Å². The van der Waals surface area contributed by atoms with Crippen LogP contribution in [0.4, 0.5) is 5.69 Å². The van der Waals surface area contributed by atoms with Gasteiger partial charge >= 0.3 is 0 Å². The number of hydrogen-bond donors (Lipinski definition) is 1. The van der Waals surface area contributed by atoms with Crippen LogP contribution < -0.4 is 5.73 Å². The van der Waals surface area contributed by atoms with E-state index in [-0.39, 0.29) is 5.78 Å². The van der Waals surface area contributed by atoms with Gasteiger partial charge in [-0.3, -0.25) is 4.79 Å². The van der Waals surface area contributed by atoms with Gasteiger partial charge in [-0.15, -0.1) is 0 Å². The van der Waals surface area contributed by atoms with Crippen molar-refractivity contribution < 1.29 is 9.21 Å². The van der Waals surface area contributed by atoms with E-state index in [2.05, 4.69) is 4.98 Å². The standard InChI is InChI=1S/C16H15N3O2/c1-10-11(2)19-7-5-13(15(17)16(19)18-10)14(20)4-3-12-6-8-21-9-12/h3-9H,17H2,1-2H3. The van der Waals surface area contributed by atoms with Gasteiger partial charge in [0, 0.05) is 17.5 Å². The molecular formula is C16H15N3O2. The SMILES string of the molecule is Cc1nc2c(N)c(C(=O)C=Cc3ccoc3)ccn2c1C. The Labute approximate surface area is 121 Å². The van der Waals surface area contributed by atoms with Crippen molar-refractivity contribution in [2.75, 3.05) is 5.73 Å². The maximum atomic E-state index is 12.3. The lowest BCUT2D eigenvalue weighted by molar-refractivity contribution is 0.104. The Bertz CT molecular complexity index is 842. The monoisotopic (exact) mass is 281 g/mol. The molecule has 21 heavy (non-hydrogen) atoms. The predicted octanol–water partition coefficient (Wildman–Crippen LogP) is 3.02. The molecule has 3 aromatic rings.